The maximum atomic E-state index is 13.2. The summed E-state index contributed by atoms with van der Waals surface area (Å²) < 4.78 is 0. The second-order valence-electron chi connectivity index (χ2n) is 8.93. The van der Waals surface area contributed by atoms with E-state index in [0.29, 0.717) is 13.1 Å². The Morgan fingerprint density at radius 2 is 1.69 bits per heavy atom. The van der Waals surface area contributed by atoms with Gasteiger partial charge in [0.05, 0.1) is 6.42 Å². The number of rotatable bonds is 7. The Morgan fingerprint density at radius 1 is 0.969 bits per heavy atom. The van der Waals surface area contributed by atoms with Gasteiger partial charge in [-0.15, -0.1) is 0 Å². The Balaban J connectivity index is 1.36. The number of nitrogens with one attached hydrogen (secondary N) is 2. The molecule has 5 nitrogen and oxygen atoms in total. The van der Waals surface area contributed by atoms with Crippen molar-refractivity contribution in [3.05, 3.63) is 78.4 Å². The zero-order chi connectivity index (χ0) is 22.5. The van der Waals surface area contributed by atoms with Crippen LogP contribution in [0.1, 0.15) is 25.8 Å². The number of fused-ring (bicyclic) bond motifs is 1. The maximum absolute atomic E-state index is 13.2. The van der Waals surface area contributed by atoms with Crippen molar-refractivity contribution in [1.82, 2.24) is 10.2 Å². The van der Waals surface area contributed by atoms with Gasteiger partial charge in [-0.2, -0.15) is 0 Å². The van der Waals surface area contributed by atoms with Crippen LogP contribution in [0.2, 0.25) is 0 Å². The largest absolute Gasteiger partial charge is 0.380 e. The highest BCUT2D eigenvalue weighted by Gasteiger charge is 2.33. The van der Waals surface area contributed by atoms with E-state index in [0.717, 1.165) is 28.4 Å². The molecule has 5 heteroatoms. The van der Waals surface area contributed by atoms with Crippen LogP contribution in [0.5, 0.6) is 0 Å². The van der Waals surface area contributed by atoms with E-state index in [-0.39, 0.29) is 30.2 Å². The van der Waals surface area contributed by atoms with Crippen LogP contribution in [-0.2, 0) is 16.0 Å². The number of nitrogens with zero attached hydrogens (tertiary/aromatic N) is 1. The number of hydrogen-bond donors (Lipinski definition) is 2. The molecule has 0 radical (unpaired) electrons. The van der Waals surface area contributed by atoms with E-state index in [9.17, 15) is 9.59 Å². The summed E-state index contributed by atoms with van der Waals surface area (Å²) in [6.45, 7) is 5.31. The summed E-state index contributed by atoms with van der Waals surface area (Å²) in [5.74, 6) is -0.0982. The lowest BCUT2D eigenvalue weighted by Gasteiger charge is -2.27. The van der Waals surface area contributed by atoms with Gasteiger partial charge in [0.1, 0.15) is 6.04 Å². The van der Waals surface area contributed by atoms with Crippen LogP contribution in [0.3, 0.4) is 0 Å². The van der Waals surface area contributed by atoms with Gasteiger partial charge in [-0.25, -0.2) is 0 Å². The molecule has 166 valence electrons. The maximum Gasteiger partial charge on any atom is 0.245 e. The molecule has 0 aliphatic carbocycles. The minimum atomic E-state index is -0.515. The van der Waals surface area contributed by atoms with Gasteiger partial charge >= 0.3 is 0 Å². The summed E-state index contributed by atoms with van der Waals surface area (Å²) in [5.41, 5.74) is 2.01. The Hall–Kier alpha value is -3.34. The van der Waals surface area contributed by atoms with E-state index in [2.05, 4.69) is 16.7 Å². The highest BCUT2D eigenvalue weighted by molar-refractivity contribution is 5.90. The summed E-state index contributed by atoms with van der Waals surface area (Å²) in [5, 5.41) is 8.77. The lowest BCUT2D eigenvalue weighted by Crippen LogP contribution is -2.51. The molecule has 1 saturated heterocycles. The van der Waals surface area contributed by atoms with Crippen LogP contribution in [-0.4, -0.2) is 41.9 Å². The van der Waals surface area contributed by atoms with Gasteiger partial charge < -0.3 is 15.5 Å². The molecule has 3 aromatic carbocycles. The minimum Gasteiger partial charge on any atom is -0.380 e. The normalized spacial score (nSPS) is 16.8. The third-order valence-electron chi connectivity index (χ3n) is 6.07. The zero-order valence-electron chi connectivity index (χ0n) is 18.8. The van der Waals surface area contributed by atoms with Gasteiger partial charge in [0, 0.05) is 24.8 Å². The molecular weight excluding hydrogens is 398 g/mol. The number of carbonyl (C=O) groups is 2. The summed E-state index contributed by atoms with van der Waals surface area (Å²) in [6.07, 6.45) is 1.16. The second kappa shape index (κ2) is 9.86. The molecule has 0 aromatic heterocycles. The first kappa shape index (κ1) is 21.9. The van der Waals surface area contributed by atoms with Crippen LogP contribution in [0.15, 0.2) is 72.8 Å². The molecule has 1 fully saturated rings. The predicted molar refractivity (Wildman–Crippen MR) is 129 cm³/mol. The van der Waals surface area contributed by atoms with E-state index in [1.807, 2.05) is 85.5 Å². The third kappa shape index (κ3) is 5.28. The van der Waals surface area contributed by atoms with Crippen LogP contribution < -0.4 is 10.6 Å². The molecule has 32 heavy (non-hydrogen) atoms. The molecule has 0 spiro atoms. The summed E-state index contributed by atoms with van der Waals surface area (Å²) in [7, 11) is 0. The molecule has 1 aliphatic heterocycles. The van der Waals surface area contributed by atoms with Crippen molar-refractivity contribution in [2.24, 2.45) is 5.92 Å². The number of para-hydroxylation sites is 1. The summed E-state index contributed by atoms with van der Waals surface area (Å²) >= 11 is 0. The second-order valence-corrected chi connectivity index (χ2v) is 8.93. The lowest BCUT2D eigenvalue weighted by atomic mass is 10.0. The SMILES string of the molecule is CC(C)C(NC(=O)Cc1ccc2ccccc2c1)C(=O)N1CCC(Nc2ccccc2)C1. The third-order valence-corrected chi connectivity index (χ3v) is 6.07. The van der Waals surface area contributed by atoms with E-state index >= 15 is 0 Å². The monoisotopic (exact) mass is 429 g/mol. The van der Waals surface area contributed by atoms with Crippen molar-refractivity contribution >= 4 is 28.3 Å². The summed E-state index contributed by atoms with van der Waals surface area (Å²) in [6, 6.07) is 23.9. The number of anilines is 1. The van der Waals surface area contributed by atoms with Crippen LogP contribution in [0, 0.1) is 5.92 Å². The van der Waals surface area contributed by atoms with E-state index in [4.69, 9.17) is 0 Å². The standard InChI is InChI=1S/C27H31N3O2/c1-19(2)26(27(32)30-15-14-24(18-30)28-23-10-4-3-5-11-23)29-25(31)17-20-12-13-21-8-6-7-9-22(21)16-20/h3-13,16,19,24,26,28H,14-15,17-18H2,1-2H3,(H,29,31). The van der Waals surface area contributed by atoms with Crippen molar-refractivity contribution in [3.8, 4) is 0 Å². The first-order valence-corrected chi connectivity index (χ1v) is 11.4. The van der Waals surface area contributed by atoms with E-state index in [1.165, 1.54) is 0 Å². The van der Waals surface area contributed by atoms with Gasteiger partial charge in [0.2, 0.25) is 11.8 Å². The quantitative estimate of drug-likeness (QED) is 0.591. The molecule has 2 unspecified atom stereocenters. The molecule has 0 saturated carbocycles. The van der Waals surface area contributed by atoms with Crippen molar-refractivity contribution in [1.29, 1.82) is 0 Å². The average molecular weight is 430 g/mol. The molecule has 3 aromatic rings. The van der Waals surface area contributed by atoms with Crippen molar-refractivity contribution in [3.63, 3.8) is 0 Å². The molecule has 2 amide bonds. The topological polar surface area (TPSA) is 61.4 Å². The molecule has 2 atom stereocenters. The Morgan fingerprint density at radius 3 is 2.44 bits per heavy atom. The highest BCUT2D eigenvalue weighted by atomic mass is 16.2. The number of benzene rings is 3. The molecule has 0 bridgehead atoms. The Kier molecular flexibility index (Phi) is 6.74. The minimum absolute atomic E-state index is 0.00391. The first-order chi connectivity index (χ1) is 15.5. The number of hydrogen-bond acceptors (Lipinski definition) is 3. The predicted octanol–water partition coefficient (Wildman–Crippen LogP) is 4.24. The number of amides is 2. The molecule has 4 rings (SSSR count). The lowest BCUT2D eigenvalue weighted by molar-refractivity contribution is -0.136. The Labute approximate surface area is 189 Å². The van der Waals surface area contributed by atoms with Gasteiger partial charge in [-0.1, -0.05) is 74.5 Å². The molecule has 1 aliphatic rings. The van der Waals surface area contributed by atoms with Crippen molar-refractivity contribution in [2.45, 2.75) is 38.8 Å². The number of carbonyl (C=O) groups excluding carboxylic acids is 2. The fourth-order valence-electron chi connectivity index (χ4n) is 4.32. The van der Waals surface area contributed by atoms with Crippen LogP contribution in [0.4, 0.5) is 5.69 Å². The number of likely N-dealkylation sites (tertiary alicyclic amines) is 1. The average Bonchev–Trinajstić information content (AvgIpc) is 3.26. The van der Waals surface area contributed by atoms with Crippen molar-refractivity contribution < 1.29 is 9.59 Å². The van der Waals surface area contributed by atoms with Crippen molar-refractivity contribution in [2.75, 3.05) is 18.4 Å². The summed E-state index contributed by atoms with van der Waals surface area (Å²) in [4.78, 5) is 27.9. The van der Waals surface area contributed by atoms with Gasteiger partial charge in [-0.3, -0.25) is 9.59 Å². The zero-order valence-corrected chi connectivity index (χ0v) is 18.8. The fourth-order valence-corrected chi connectivity index (χ4v) is 4.32. The van der Waals surface area contributed by atoms with Gasteiger partial charge in [0.15, 0.2) is 0 Å². The Bertz CT molecular complexity index is 1080. The van der Waals surface area contributed by atoms with E-state index < -0.39 is 6.04 Å². The smallest absolute Gasteiger partial charge is 0.245 e. The van der Waals surface area contributed by atoms with Gasteiger partial charge in [-0.05, 0) is 40.8 Å². The molecular formula is C27H31N3O2. The van der Waals surface area contributed by atoms with Crippen LogP contribution in [0.25, 0.3) is 10.8 Å². The fraction of sp³-hybridized carbons (Fsp3) is 0.333. The highest BCUT2D eigenvalue weighted by Crippen LogP contribution is 2.19. The molecule has 1 heterocycles. The van der Waals surface area contributed by atoms with Gasteiger partial charge in [0.25, 0.3) is 0 Å². The molecule has 2 N–H and O–H groups in total. The van der Waals surface area contributed by atoms with E-state index in [1.54, 1.807) is 0 Å². The first-order valence-electron chi connectivity index (χ1n) is 11.4. The van der Waals surface area contributed by atoms with Crippen LogP contribution >= 0.6 is 0 Å².